The molecule has 1 aromatic heterocycles. The summed E-state index contributed by atoms with van der Waals surface area (Å²) in [5.41, 5.74) is -0.839. The average Bonchev–Trinajstić information content (AvgIpc) is 2.65. The van der Waals surface area contributed by atoms with E-state index in [-0.39, 0.29) is 17.9 Å². The fourth-order valence-electron chi connectivity index (χ4n) is 3.35. The van der Waals surface area contributed by atoms with E-state index in [1.165, 1.54) is 6.07 Å². The number of carbonyl (C=O) groups is 1. The predicted octanol–water partition coefficient (Wildman–Crippen LogP) is 3.68. The Kier molecular flexibility index (Phi) is 7.83. The molecule has 158 valence electrons. The number of pyridine rings is 1. The number of rotatable bonds is 8. The lowest BCUT2D eigenvalue weighted by atomic mass is 9.95. The Labute approximate surface area is 164 Å². The number of hydrogen-bond donors (Lipinski definition) is 2. The van der Waals surface area contributed by atoms with E-state index in [0.717, 1.165) is 44.6 Å². The number of halogens is 3. The maximum atomic E-state index is 12.6. The van der Waals surface area contributed by atoms with Gasteiger partial charge >= 0.3 is 12.1 Å². The van der Waals surface area contributed by atoms with Gasteiger partial charge in [-0.05, 0) is 58.3 Å². The summed E-state index contributed by atoms with van der Waals surface area (Å²) in [6.45, 7) is 7.83. The van der Waals surface area contributed by atoms with Crippen LogP contribution in [-0.4, -0.2) is 35.7 Å². The van der Waals surface area contributed by atoms with Gasteiger partial charge in [-0.1, -0.05) is 6.92 Å². The fraction of sp³-hybridized carbons (Fsp3) is 0.700. The van der Waals surface area contributed by atoms with Crippen molar-refractivity contribution in [2.24, 2.45) is 5.92 Å². The molecule has 8 heteroatoms. The van der Waals surface area contributed by atoms with Crippen molar-refractivity contribution in [2.45, 2.75) is 70.8 Å². The van der Waals surface area contributed by atoms with Gasteiger partial charge in [0.05, 0.1) is 17.2 Å². The molecular formula is C20H30F3N3O2. The minimum Gasteiger partial charge on any atom is -0.459 e. The van der Waals surface area contributed by atoms with Crippen LogP contribution in [0, 0.1) is 5.92 Å². The second-order valence-electron chi connectivity index (χ2n) is 7.93. The number of piperidine rings is 1. The van der Waals surface area contributed by atoms with Crippen molar-refractivity contribution in [3.05, 3.63) is 29.6 Å². The Morgan fingerprint density at radius 3 is 2.54 bits per heavy atom. The smallest absolute Gasteiger partial charge is 0.417 e. The summed E-state index contributed by atoms with van der Waals surface area (Å²) in [7, 11) is 0. The summed E-state index contributed by atoms with van der Waals surface area (Å²) >= 11 is 0. The highest BCUT2D eigenvalue weighted by Crippen LogP contribution is 2.28. The molecule has 0 aromatic carbocycles. The molecule has 2 N–H and O–H groups in total. The summed E-state index contributed by atoms with van der Waals surface area (Å²) in [4.78, 5) is 16.3. The van der Waals surface area contributed by atoms with Crippen molar-refractivity contribution < 1.29 is 22.7 Å². The van der Waals surface area contributed by atoms with Gasteiger partial charge in [0.2, 0.25) is 0 Å². The number of hydrogen-bond acceptors (Lipinski definition) is 5. The Bertz CT molecular complexity index is 627. The molecule has 0 saturated carbocycles. The van der Waals surface area contributed by atoms with Crippen molar-refractivity contribution in [3.8, 4) is 0 Å². The summed E-state index contributed by atoms with van der Waals surface area (Å²) in [5, 5.41) is 6.54. The molecule has 5 nitrogen and oxygen atoms in total. The highest BCUT2D eigenvalue weighted by atomic mass is 19.4. The molecular weight excluding hydrogens is 371 g/mol. The Morgan fingerprint density at radius 2 is 2.00 bits per heavy atom. The molecule has 1 saturated heterocycles. The van der Waals surface area contributed by atoms with Crippen LogP contribution in [0.25, 0.3) is 0 Å². The molecule has 1 unspecified atom stereocenters. The van der Waals surface area contributed by atoms with Crippen LogP contribution in [0.2, 0.25) is 0 Å². The number of nitrogens with one attached hydrogen (secondary N) is 2. The third-order valence-corrected chi connectivity index (χ3v) is 5.00. The maximum absolute atomic E-state index is 12.6. The highest BCUT2D eigenvalue weighted by Gasteiger charge is 2.32. The average molecular weight is 401 g/mol. The lowest BCUT2D eigenvalue weighted by Gasteiger charge is -2.32. The Hall–Kier alpha value is -1.67. The minimum atomic E-state index is -4.38. The van der Waals surface area contributed by atoms with E-state index >= 15 is 0 Å². The van der Waals surface area contributed by atoms with Gasteiger partial charge in [0.25, 0.3) is 0 Å². The topological polar surface area (TPSA) is 63.2 Å². The van der Waals surface area contributed by atoms with Gasteiger partial charge in [-0.2, -0.15) is 13.2 Å². The van der Waals surface area contributed by atoms with Gasteiger partial charge in [0.1, 0.15) is 5.60 Å². The van der Waals surface area contributed by atoms with E-state index in [2.05, 4.69) is 15.6 Å². The quantitative estimate of drug-likeness (QED) is 0.651. The van der Waals surface area contributed by atoms with Crippen LogP contribution in [0.3, 0.4) is 0 Å². The predicted molar refractivity (Wildman–Crippen MR) is 101 cm³/mol. The molecule has 1 atom stereocenters. The molecule has 1 aliphatic heterocycles. The molecule has 1 fully saturated rings. The van der Waals surface area contributed by atoms with Crippen molar-refractivity contribution in [2.75, 3.05) is 13.1 Å². The maximum Gasteiger partial charge on any atom is 0.417 e. The van der Waals surface area contributed by atoms with Gasteiger partial charge in [0.15, 0.2) is 0 Å². The summed E-state index contributed by atoms with van der Waals surface area (Å²) in [6.07, 6.45) is -0.528. The molecule has 0 aliphatic carbocycles. The molecule has 0 spiro atoms. The third kappa shape index (κ3) is 7.05. The van der Waals surface area contributed by atoms with Gasteiger partial charge < -0.3 is 15.4 Å². The first-order valence-corrected chi connectivity index (χ1v) is 9.80. The number of ether oxygens (including phenoxy) is 1. The highest BCUT2D eigenvalue weighted by molar-refractivity contribution is 5.73. The van der Waals surface area contributed by atoms with Gasteiger partial charge in [-0.15, -0.1) is 0 Å². The van der Waals surface area contributed by atoms with Crippen LogP contribution in [0.4, 0.5) is 13.2 Å². The zero-order valence-corrected chi connectivity index (χ0v) is 16.7. The lowest BCUT2D eigenvalue weighted by Crippen LogP contribution is -2.41. The lowest BCUT2D eigenvalue weighted by molar-refractivity contribution is -0.163. The number of alkyl halides is 3. The van der Waals surface area contributed by atoms with Gasteiger partial charge in [0, 0.05) is 25.2 Å². The van der Waals surface area contributed by atoms with Crippen LogP contribution >= 0.6 is 0 Å². The standard InChI is InChI=1S/C20H30F3N3O2/c1-4-16(26-13-17-6-5-15(12-25-17)20(21,22)23)11-19(2,3)28-18(27)14-7-9-24-10-8-14/h5-6,12,14,16,24,26H,4,7-11,13H2,1-3H3. The molecule has 1 aromatic rings. The molecule has 2 rings (SSSR count). The van der Waals surface area contributed by atoms with Crippen LogP contribution in [0.5, 0.6) is 0 Å². The van der Waals surface area contributed by atoms with E-state index in [1.807, 2.05) is 20.8 Å². The largest absolute Gasteiger partial charge is 0.459 e. The first-order valence-electron chi connectivity index (χ1n) is 9.80. The van der Waals surface area contributed by atoms with Crippen molar-refractivity contribution in [1.29, 1.82) is 0 Å². The summed E-state index contributed by atoms with van der Waals surface area (Å²) in [5.74, 6) is -0.198. The second kappa shape index (κ2) is 9.69. The monoisotopic (exact) mass is 401 g/mol. The Morgan fingerprint density at radius 1 is 1.32 bits per heavy atom. The normalized spacial score (nSPS) is 17.4. The molecule has 0 bridgehead atoms. The zero-order valence-electron chi connectivity index (χ0n) is 16.7. The summed E-state index contributed by atoms with van der Waals surface area (Å²) < 4.78 is 43.6. The Balaban J connectivity index is 1.85. The van der Waals surface area contributed by atoms with E-state index < -0.39 is 17.3 Å². The third-order valence-electron chi connectivity index (χ3n) is 5.00. The number of aromatic nitrogens is 1. The fourth-order valence-corrected chi connectivity index (χ4v) is 3.35. The molecule has 1 aliphatic rings. The van der Waals surface area contributed by atoms with Crippen LogP contribution in [0.15, 0.2) is 18.3 Å². The van der Waals surface area contributed by atoms with Crippen molar-refractivity contribution in [1.82, 2.24) is 15.6 Å². The van der Waals surface area contributed by atoms with E-state index in [1.54, 1.807) is 0 Å². The first-order chi connectivity index (χ1) is 13.1. The van der Waals surface area contributed by atoms with Crippen LogP contribution in [0.1, 0.15) is 57.7 Å². The molecule has 28 heavy (non-hydrogen) atoms. The van der Waals surface area contributed by atoms with Gasteiger partial charge in [-0.25, -0.2) is 0 Å². The number of nitrogens with zero attached hydrogens (tertiary/aromatic N) is 1. The van der Waals surface area contributed by atoms with Crippen molar-refractivity contribution >= 4 is 5.97 Å². The van der Waals surface area contributed by atoms with E-state index in [0.29, 0.717) is 18.7 Å². The molecule has 2 heterocycles. The van der Waals surface area contributed by atoms with Gasteiger partial charge in [-0.3, -0.25) is 9.78 Å². The molecule has 0 amide bonds. The zero-order chi connectivity index (χ0) is 20.8. The molecule has 0 radical (unpaired) electrons. The first kappa shape index (κ1) is 22.6. The van der Waals surface area contributed by atoms with E-state index in [4.69, 9.17) is 4.74 Å². The number of esters is 1. The van der Waals surface area contributed by atoms with Crippen LogP contribution < -0.4 is 10.6 Å². The SMILES string of the molecule is CCC(CC(C)(C)OC(=O)C1CCNCC1)NCc1ccc(C(F)(F)F)cn1. The minimum absolute atomic E-state index is 0.0510. The van der Waals surface area contributed by atoms with E-state index in [9.17, 15) is 18.0 Å². The van der Waals surface area contributed by atoms with Crippen LogP contribution in [-0.2, 0) is 22.3 Å². The number of carbonyl (C=O) groups excluding carboxylic acids is 1. The second-order valence-corrected chi connectivity index (χ2v) is 7.93. The summed E-state index contributed by atoms with van der Waals surface area (Å²) in [6, 6.07) is 2.47. The van der Waals surface area contributed by atoms with Crippen molar-refractivity contribution in [3.63, 3.8) is 0 Å².